The van der Waals surface area contributed by atoms with Crippen molar-refractivity contribution < 1.29 is 19.1 Å². The number of nitrogens with zero attached hydrogens (tertiary/aromatic N) is 5. The van der Waals surface area contributed by atoms with Crippen LogP contribution in [0.15, 0.2) is 23.3 Å². The fourth-order valence-electron chi connectivity index (χ4n) is 6.27. The van der Waals surface area contributed by atoms with Crippen molar-refractivity contribution in [3.8, 4) is 0 Å². The highest BCUT2D eigenvalue weighted by Crippen LogP contribution is 2.40. The highest BCUT2D eigenvalue weighted by molar-refractivity contribution is 5.99. The van der Waals surface area contributed by atoms with Crippen molar-refractivity contribution in [3.05, 3.63) is 45.3 Å². The molecule has 2 amide bonds. The molecule has 0 unspecified atom stereocenters. The summed E-state index contributed by atoms with van der Waals surface area (Å²) < 4.78 is 5.62. The standard InChI is InChI=1S/C28H40N6O4/c1-16(2)33-10-8-17(9-11-33)18-6-7-19(26(29)36)20(12-18)21(13-28(3,4)5)27(37)34-14-22(31-32-30)25-24(34)23(35)15-38-25/h6-7,12,16-17,21-22,24-25H,8-11,13-15H2,1-5H3,(H2,29,36)/t21-,22+,24+,25+/m0/s1. The van der Waals surface area contributed by atoms with Gasteiger partial charge in [-0.2, -0.15) is 0 Å². The van der Waals surface area contributed by atoms with Crippen molar-refractivity contribution >= 4 is 17.6 Å². The molecule has 0 aliphatic carbocycles. The lowest BCUT2D eigenvalue weighted by atomic mass is 9.77. The first kappa shape index (κ1) is 28.1. The first-order chi connectivity index (χ1) is 17.9. The van der Waals surface area contributed by atoms with Crippen molar-refractivity contribution in [2.75, 3.05) is 26.2 Å². The van der Waals surface area contributed by atoms with Gasteiger partial charge in [-0.05, 0) is 80.3 Å². The number of carbonyl (C=O) groups excluding carboxylic acids is 3. The van der Waals surface area contributed by atoms with Gasteiger partial charge in [-0.3, -0.25) is 14.4 Å². The molecule has 4 rings (SSSR count). The summed E-state index contributed by atoms with van der Waals surface area (Å²) in [6.45, 7) is 12.5. The molecule has 4 atom stereocenters. The van der Waals surface area contributed by atoms with Crippen molar-refractivity contribution in [1.82, 2.24) is 9.80 Å². The van der Waals surface area contributed by atoms with E-state index in [0.29, 0.717) is 29.5 Å². The van der Waals surface area contributed by atoms with Crippen LogP contribution in [0.25, 0.3) is 10.4 Å². The molecule has 3 aliphatic heterocycles. The number of likely N-dealkylation sites (tertiary alicyclic amines) is 2. The molecule has 1 aromatic rings. The number of primary amides is 1. The number of Topliss-reactive ketones (excluding diaryl/α,β-unsaturated/α-hetero) is 1. The van der Waals surface area contributed by atoms with Crippen LogP contribution in [0.4, 0.5) is 0 Å². The molecule has 3 heterocycles. The Hall–Kier alpha value is -2.94. The van der Waals surface area contributed by atoms with Gasteiger partial charge in [0.2, 0.25) is 11.8 Å². The minimum absolute atomic E-state index is 0.101. The maximum Gasteiger partial charge on any atom is 0.249 e. The molecule has 0 spiro atoms. The van der Waals surface area contributed by atoms with Gasteiger partial charge in [0.25, 0.3) is 0 Å². The normalized spacial score (nSPS) is 25.4. The van der Waals surface area contributed by atoms with Gasteiger partial charge >= 0.3 is 0 Å². The Bertz CT molecular complexity index is 1130. The molecule has 38 heavy (non-hydrogen) atoms. The number of hydrogen-bond donors (Lipinski definition) is 1. The first-order valence-electron chi connectivity index (χ1n) is 13.6. The SMILES string of the molecule is CC(C)N1CCC(c2ccc(C(N)=O)c([C@H](CC(C)(C)C)C(=O)N3C[C@@H](N=[N+]=[N-])[C@H]4OCC(=O)[C@H]43)c2)CC1. The number of hydrogen-bond acceptors (Lipinski definition) is 6. The average molecular weight is 525 g/mol. The zero-order valence-corrected chi connectivity index (χ0v) is 23.1. The minimum atomic E-state index is -0.791. The zero-order chi connectivity index (χ0) is 27.8. The molecule has 1 aromatic carbocycles. The average Bonchev–Trinajstić information content (AvgIpc) is 3.42. The summed E-state index contributed by atoms with van der Waals surface area (Å²) >= 11 is 0. The maximum absolute atomic E-state index is 14.3. The Kier molecular flexibility index (Phi) is 8.16. The number of amides is 2. The van der Waals surface area contributed by atoms with E-state index in [1.165, 1.54) is 4.90 Å². The van der Waals surface area contributed by atoms with Crippen LogP contribution in [-0.4, -0.2) is 77.9 Å². The summed E-state index contributed by atoms with van der Waals surface area (Å²) in [4.78, 5) is 46.5. The molecule has 10 heteroatoms. The molecule has 3 aliphatic rings. The maximum atomic E-state index is 14.3. The van der Waals surface area contributed by atoms with Gasteiger partial charge in [0, 0.05) is 23.1 Å². The lowest BCUT2D eigenvalue weighted by Gasteiger charge is -2.35. The number of azide groups is 1. The number of rotatable bonds is 7. The number of ether oxygens (including phenoxy) is 1. The van der Waals surface area contributed by atoms with Crippen LogP contribution in [0.2, 0.25) is 0 Å². The van der Waals surface area contributed by atoms with Gasteiger partial charge in [-0.15, -0.1) is 0 Å². The molecule has 0 bridgehead atoms. The number of carbonyl (C=O) groups is 3. The molecule has 10 nitrogen and oxygen atoms in total. The molecule has 3 saturated heterocycles. The molecule has 206 valence electrons. The summed E-state index contributed by atoms with van der Waals surface area (Å²) in [6.07, 6.45) is 1.81. The fourth-order valence-corrected chi connectivity index (χ4v) is 6.27. The highest BCUT2D eigenvalue weighted by atomic mass is 16.5. The van der Waals surface area contributed by atoms with Gasteiger partial charge < -0.3 is 20.3 Å². The molecule has 2 N–H and O–H groups in total. The van der Waals surface area contributed by atoms with Gasteiger partial charge in [-0.1, -0.05) is 38.0 Å². The van der Waals surface area contributed by atoms with Crippen LogP contribution in [0.3, 0.4) is 0 Å². The van der Waals surface area contributed by atoms with E-state index < -0.39 is 30.0 Å². The van der Waals surface area contributed by atoms with Crippen molar-refractivity contribution in [2.45, 2.75) is 89.9 Å². The monoisotopic (exact) mass is 524 g/mol. The quantitative estimate of drug-likeness (QED) is 0.328. The van der Waals surface area contributed by atoms with E-state index >= 15 is 0 Å². The van der Waals surface area contributed by atoms with E-state index in [0.717, 1.165) is 31.5 Å². The van der Waals surface area contributed by atoms with Crippen LogP contribution in [0.5, 0.6) is 0 Å². The Labute approximate surface area is 224 Å². The number of nitrogens with two attached hydrogens (primary N) is 1. The second-order valence-electron chi connectivity index (χ2n) is 12.4. The van der Waals surface area contributed by atoms with E-state index in [1.807, 2.05) is 32.9 Å². The number of piperidine rings is 1. The third-order valence-corrected chi connectivity index (χ3v) is 8.20. The Balaban J connectivity index is 1.72. The predicted molar refractivity (Wildman–Crippen MR) is 144 cm³/mol. The largest absolute Gasteiger partial charge is 0.367 e. The summed E-state index contributed by atoms with van der Waals surface area (Å²) in [5, 5.41) is 3.81. The Morgan fingerprint density at radius 3 is 2.50 bits per heavy atom. The second-order valence-corrected chi connectivity index (χ2v) is 12.4. The number of fused-ring (bicyclic) bond motifs is 1. The minimum Gasteiger partial charge on any atom is -0.367 e. The topological polar surface area (TPSA) is 142 Å². The number of ketones is 1. The van der Waals surface area contributed by atoms with E-state index in [-0.39, 0.29) is 30.3 Å². The summed E-state index contributed by atoms with van der Waals surface area (Å²) in [5.74, 6) is -1.41. The van der Waals surface area contributed by atoms with Crippen LogP contribution >= 0.6 is 0 Å². The first-order valence-corrected chi connectivity index (χ1v) is 13.6. The summed E-state index contributed by atoms with van der Waals surface area (Å²) in [5.41, 5.74) is 16.6. The third kappa shape index (κ3) is 5.72. The molecular formula is C28H40N6O4. The van der Waals surface area contributed by atoms with Crippen LogP contribution in [-0.2, 0) is 14.3 Å². The zero-order valence-electron chi connectivity index (χ0n) is 23.1. The van der Waals surface area contributed by atoms with Crippen LogP contribution in [0, 0.1) is 5.41 Å². The van der Waals surface area contributed by atoms with E-state index in [9.17, 15) is 14.4 Å². The van der Waals surface area contributed by atoms with Gasteiger partial charge in [0.15, 0.2) is 5.78 Å². The molecule has 0 aromatic heterocycles. The molecule has 0 radical (unpaired) electrons. The molecule has 0 saturated carbocycles. The summed E-state index contributed by atoms with van der Waals surface area (Å²) in [7, 11) is 0. The van der Waals surface area contributed by atoms with Crippen molar-refractivity contribution in [1.29, 1.82) is 0 Å². The lowest BCUT2D eigenvalue weighted by Crippen LogP contribution is -2.45. The Morgan fingerprint density at radius 1 is 1.24 bits per heavy atom. The van der Waals surface area contributed by atoms with Crippen LogP contribution in [0.1, 0.15) is 87.2 Å². The molecule has 3 fully saturated rings. The second kappa shape index (κ2) is 11.0. The van der Waals surface area contributed by atoms with E-state index in [2.05, 4.69) is 28.8 Å². The Morgan fingerprint density at radius 2 is 1.92 bits per heavy atom. The van der Waals surface area contributed by atoms with Gasteiger partial charge in [0.05, 0.1) is 18.1 Å². The van der Waals surface area contributed by atoms with Crippen molar-refractivity contribution in [3.63, 3.8) is 0 Å². The molecular weight excluding hydrogens is 484 g/mol. The van der Waals surface area contributed by atoms with E-state index in [4.69, 9.17) is 16.0 Å². The van der Waals surface area contributed by atoms with E-state index in [1.54, 1.807) is 6.07 Å². The predicted octanol–water partition coefficient (Wildman–Crippen LogP) is 3.75. The highest BCUT2D eigenvalue weighted by Gasteiger charge is 2.53. The summed E-state index contributed by atoms with van der Waals surface area (Å²) in [6, 6.07) is 4.79. The lowest BCUT2D eigenvalue weighted by molar-refractivity contribution is -0.138. The number of benzene rings is 1. The van der Waals surface area contributed by atoms with Crippen molar-refractivity contribution in [2.24, 2.45) is 16.3 Å². The van der Waals surface area contributed by atoms with Gasteiger partial charge in [0.1, 0.15) is 12.6 Å². The van der Waals surface area contributed by atoms with Crippen LogP contribution < -0.4 is 5.73 Å². The fraction of sp³-hybridized carbons (Fsp3) is 0.679. The third-order valence-electron chi connectivity index (χ3n) is 8.20. The van der Waals surface area contributed by atoms with Gasteiger partial charge in [-0.25, -0.2) is 0 Å². The smallest absolute Gasteiger partial charge is 0.249 e.